The van der Waals surface area contributed by atoms with Crippen LogP contribution in [0.5, 0.6) is 0 Å². The van der Waals surface area contributed by atoms with Crippen molar-refractivity contribution in [2.24, 2.45) is 4.99 Å². The lowest BCUT2D eigenvalue weighted by Gasteiger charge is -2.28. The molecule has 0 spiro atoms. The number of benzene rings is 1. The van der Waals surface area contributed by atoms with Crippen molar-refractivity contribution in [1.29, 1.82) is 0 Å². The fourth-order valence-corrected chi connectivity index (χ4v) is 2.58. The molecule has 2 heterocycles. The summed E-state index contributed by atoms with van der Waals surface area (Å²) in [7, 11) is 1.38. The Morgan fingerprint density at radius 1 is 1.43 bits per heavy atom. The minimum absolute atomic E-state index is 0.373. The molecule has 0 radical (unpaired) electrons. The van der Waals surface area contributed by atoms with Gasteiger partial charge in [0.05, 0.1) is 19.2 Å². The van der Waals surface area contributed by atoms with Crippen LogP contribution in [0.4, 0.5) is 0 Å². The molecule has 1 atom stereocenters. The van der Waals surface area contributed by atoms with Crippen LogP contribution in [0.15, 0.2) is 58.9 Å². The van der Waals surface area contributed by atoms with E-state index in [1.54, 1.807) is 0 Å². The molecule has 0 amide bonds. The van der Waals surface area contributed by atoms with Gasteiger partial charge in [0.1, 0.15) is 11.8 Å². The molecule has 21 heavy (non-hydrogen) atoms. The number of amidine groups is 1. The number of hydrogen-bond donors (Lipinski definition) is 0. The van der Waals surface area contributed by atoms with Crippen LogP contribution in [-0.2, 0) is 14.3 Å². The molecule has 1 aromatic rings. The Morgan fingerprint density at radius 2 is 2.14 bits per heavy atom. The topological polar surface area (TPSA) is 51.1 Å². The van der Waals surface area contributed by atoms with Crippen molar-refractivity contribution in [3.63, 3.8) is 0 Å². The number of aliphatic imine (C=N–C) groups is 1. The number of carbonyl (C=O) groups is 1. The van der Waals surface area contributed by atoms with E-state index in [4.69, 9.17) is 9.47 Å². The zero-order chi connectivity index (χ0) is 15.0. The summed E-state index contributed by atoms with van der Waals surface area (Å²) in [6.45, 7) is 6.20. The molecular weight excluding hydrogens is 268 g/mol. The largest absolute Gasteiger partial charge is 0.466 e. The van der Waals surface area contributed by atoms with Crippen LogP contribution in [-0.4, -0.2) is 30.5 Å². The Morgan fingerprint density at radius 3 is 2.81 bits per heavy atom. The summed E-state index contributed by atoms with van der Waals surface area (Å²) in [4.78, 5) is 18.6. The van der Waals surface area contributed by atoms with Gasteiger partial charge in [-0.25, -0.2) is 9.79 Å². The quantitative estimate of drug-likeness (QED) is 0.782. The molecule has 108 valence electrons. The van der Waals surface area contributed by atoms with Crippen molar-refractivity contribution < 1.29 is 14.3 Å². The Balaban J connectivity index is 2.12. The third-order valence-electron chi connectivity index (χ3n) is 3.63. The average molecular weight is 284 g/mol. The van der Waals surface area contributed by atoms with E-state index < -0.39 is 6.04 Å². The standard InChI is InChI=1S/C16H16N2O3/c1-10-9-18-11(2)13(15(19)20-3)14(17-16(18)21-10)12-7-5-4-6-8-12/h4-8,14H,1,9H2,2-3H3. The first-order chi connectivity index (χ1) is 10.1. The summed E-state index contributed by atoms with van der Waals surface area (Å²) in [5.41, 5.74) is 2.25. The number of ether oxygens (including phenoxy) is 2. The van der Waals surface area contributed by atoms with E-state index in [-0.39, 0.29) is 5.97 Å². The van der Waals surface area contributed by atoms with Crippen LogP contribution in [0.1, 0.15) is 18.5 Å². The highest BCUT2D eigenvalue weighted by molar-refractivity contribution is 5.94. The van der Waals surface area contributed by atoms with E-state index in [9.17, 15) is 4.79 Å². The number of hydrogen-bond acceptors (Lipinski definition) is 5. The van der Waals surface area contributed by atoms with Crippen molar-refractivity contribution in [3.8, 4) is 0 Å². The molecule has 3 rings (SSSR count). The average Bonchev–Trinajstić information content (AvgIpc) is 2.88. The van der Waals surface area contributed by atoms with Gasteiger partial charge in [0.25, 0.3) is 6.02 Å². The van der Waals surface area contributed by atoms with Crippen molar-refractivity contribution in [1.82, 2.24) is 4.90 Å². The fourth-order valence-electron chi connectivity index (χ4n) is 2.58. The second-order valence-corrected chi connectivity index (χ2v) is 4.94. The molecule has 5 nitrogen and oxygen atoms in total. The fraction of sp³-hybridized carbons (Fsp3) is 0.250. The highest BCUT2D eigenvalue weighted by atomic mass is 16.5. The van der Waals surface area contributed by atoms with E-state index in [0.29, 0.717) is 23.9 Å². The number of allylic oxidation sites excluding steroid dienone is 1. The smallest absolute Gasteiger partial charge is 0.338 e. The molecule has 0 N–H and O–H groups in total. The summed E-state index contributed by atoms with van der Waals surface area (Å²) in [6, 6.07) is 9.69. The molecule has 1 aromatic carbocycles. The monoisotopic (exact) mass is 284 g/mol. The van der Waals surface area contributed by atoms with Gasteiger partial charge in [-0.05, 0) is 12.5 Å². The van der Waals surface area contributed by atoms with Crippen molar-refractivity contribution in [2.75, 3.05) is 13.7 Å². The molecule has 1 unspecified atom stereocenters. The molecule has 0 aliphatic carbocycles. The third kappa shape index (κ3) is 2.20. The first-order valence-corrected chi connectivity index (χ1v) is 6.67. The predicted molar refractivity (Wildman–Crippen MR) is 78.3 cm³/mol. The Kier molecular flexibility index (Phi) is 3.25. The van der Waals surface area contributed by atoms with Crippen LogP contribution in [0.3, 0.4) is 0 Å². The molecule has 5 heteroatoms. The Hall–Kier alpha value is -2.56. The van der Waals surface area contributed by atoms with Gasteiger partial charge in [0.2, 0.25) is 0 Å². The molecule has 2 aliphatic rings. The van der Waals surface area contributed by atoms with E-state index >= 15 is 0 Å². The van der Waals surface area contributed by atoms with Gasteiger partial charge in [0.15, 0.2) is 0 Å². The van der Waals surface area contributed by atoms with E-state index in [0.717, 1.165) is 11.3 Å². The zero-order valence-corrected chi connectivity index (χ0v) is 12.0. The number of fused-ring (bicyclic) bond motifs is 1. The predicted octanol–water partition coefficient (Wildman–Crippen LogP) is 2.39. The van der Waals surface area contributed by atoms with Gasteiger partial charge >= 0.3 is 5.97 Å². The van der Waals surface area contributed by atoms with Gasteiger partial charge in [0, 0.05) is 5.70 Å². The second-order valence-electron chi connectivity index (χ2n) is 4.94. The van der Waals surface area contributed by atoms with E-state index in [1.807, 2.05) is 42.2 Å². The summed E-state index contributed by atoms with van der Waals surface area (Å²) in [6.07, 6.45) is 0. The Bertz CT molecular complexity index is 661. The van der Waals surface area contributed by atoms with E-state index in [2.05, 4.69) is 11.6 Å². The molecule has 2 aliphatic heterocycles. The molecule has 0 bridgehead atoms. The van der Waals surface area contributed by atoms with Crippen LogP contribution in [0.2, 0.25) is 0 Å². The number of esters is 1. The molecule has 0 saturated carbocycles. The SMILES string of the molecule is C=C1CN2C(=NC(c3ccccc3)C(C(=O)OC)=C2C)O1. The van der Waals surface area contributed by atoms with Gasteiger partial charge in [-0.2, -0.15) is 0 Å². The van der Waals surface area contributed by atoms with Crippen LogP contribution >= 0.6 is 0 Å². The zero-order valence-electron chi connectivity index (χ0n) is 12.0. The van der Waals surface area contributed by atoms with Crippen LogP contribution in [0.25, 0.3) is 0 Å². The minimum atomic E-state index is -0.421. The maximum Gasteiger partial charge on any atom is 0.338 e. The normalized spacial score (nSPS) is 20.9. The molecule has 1 fully saturated rings. The van der Waals surface area contributed by atoms with Gasteiger partial charge in [-0.15, -0.1) is 0 Å². The minimum Gasteiger partial charge on any atom is -0.466 e. The first-order valence-electron chi connectivity index (χ1n) is 6.67. The lowest BCUT2D eigenvalue weighted by atomic mass is 9.96. The molecule has 0 aromatic heterocycles. The molecule has 1 saturated heterocycles. The van der Waals surface area contributed by atoms with Gasteiger partial charge in [-0.3, -0.25) is 4.90 Å². The number of rotatable bonds is 2. The van der Waals surface area contributed by atoms with Gasteiger partial charge in [-0.1, -0.05) is 36.9 Å². The number of carbonyl (C=O) groups excluding carboxylic acids is 1. The third-order valence-corrected chi connectivity index (χ3v) is 3.63. The van der Waals surface area contributed by atoms with Gasteiger partial charge < -0.3 is 9.47 Å². The van der Waals surface area contributed by atoms with Crippen LogP contribution in [0, 0.1) is 0 Å². The maximum atomic E-state index is 12.2. The van der Waals surface area contributed by atoms with Crippen molar-refractivity contribution in [2.45, 2.75) is 13.0 Å². The summed E-state index contributed by atoms with van der Waals surface area (Å²) in [5.74, 6) is 0.243. The summed E-state index contributed by atoms with van der Waals surface area (Å²) >= 11 is 0. The highest BCUT2D eigenvalue weighted by Crippen LogP contribution is 2.37. The number of nitrogens with zero attached hydrogens (tertiary/aromatic N) is 2. The first kappa shape index (κ1) is 13.4. The van der Waals surface area contributed by atoms with Crippen LogP contribution < -0.4 is 0 Å². The summed E-state index contributed by atoms with van der Waals surface area (Å²) < 4.78 is 10.5. The maximum absolute atomic E-state index is 12.2. The van der Waals surface area contributed by atoms with Crippen molar-refractivity contribution >= 4 is 12.0 Å². The van der Waals surface area contributed by atoms with Crippen molar-refractivity contribution in [3.05, 3.63) is 59.5 Å². The number of methoxy groups -OCH3 is 1. The Labute approximate surface area is 123 Å². The van der Waals surface area contributed by atoms with E-state index in [1.165, 1.54) is 7.11 Å². The summed E-state index contributed by atoms with van der Waals surface area (Å²) in [5, 5.41) is 0. The lowest BCUT2D eigenvalue weighted by Crippen LogP contribution is -2.32. The second kappa shape index (κ2) is 5.09. The highest BCUT2D eigenvalue weighted by Gasteiger charge is 2.37. The molecular formula is C16H16N2O3. The lowest BCUT2D eigenvalue weighted by molar-refractivity contribution is -0.136.